The molecule has 2 aliphatic rings. The molecule has 0 atom stereocenters. The van der Waals surface area contributed by atoms with Crippen molar-refractivity contribution in [3.63, 3.8) is 0 Å². The van der Waals surface area contributed by atoms with Crippen molar-refractivity contribution in [3.8, 4) is 11.5 Å². The highest BCUT2D eigenvalue weighted by atomic mass is 35.5. The molecule has 3 aromatic rings. The van der Waals surface area contributed by atoms with Crippen LogP contribution in [0.1, 0.15) is 15.9 Å². The molecule has 7 nitrogen and oxygen atoms in total. The first kappa shape index (κ1) is 19.7. The molecular formula is C22H17ClN2O5S. The predicted octanol–water partition coefficient (Wildman–Crippen LogP) is 4.07. The monoisotopic (exact) mass is 456 g/mol. The lowest BCUT2D eigenvalue weighted by atomic mass is 10.1. The molecule has 158 valence electrons. The Bertz CT molecular complexity index is 1290. The van der Waals surface area contributed by atoms with Crippen molar-refractivity contribution >= 4 is 38.9 Å². The zero-order valence-electron chi connectivity index (χ0n) is 16.2. The van der Waals surface area contributed by atoms with Crippen molar-refractivity contribution in [2.75, 3.05) is 23.0 Å². The molecule has 2 aliphatic heterocycles. The number of carbonyl (C=O) groups is 1. The highest BCUT2D eigenvalue weighted by Crippen LogP contribution is 2.36. The summed E-state index contributed by atoms with van der Waals surface area (Å²) in [5.74, 6) is 0.924. The van der Waals surface area contributed by atoms with Gasteiger partial charge in [0, 0.05) is 28.9 Å². The number of nitrogens with zero attached hydrogens (tertiary/aromatic N) is 1. The van der Waals surface area contributed by atoms with Gasteiger partial charge in [-0.2, -0.15) is 0 Å². The average molecular weight is 457 g/mol. The Morgan fingerprint density at radius 1 is 0.968 bits per heavy atom. The maximum Gasteiger partial charge on any atom is 0.264 e. The third-order valence-electron chi connectivity index (χ3n) is 5.23. The van der Waals surface area contributed by atoms with Crippen LogP contribution in [-0.2, 0) is 16.4 Å². The summed E-state index contributed by atoms with van der Waals surface area (Å²) in [7, 11) is -3.71. The van der Waals surface area contributed by atoms with Crippen LogP contribution in [0.25, 0.3) is 0 Å². The summed E-state index contributed by atoms with van der Waals surface area (Å²) in [6.07, 6.45) is 0.521. The van der Waals surface area contributed by atoms with Crippen LogP contribution in [0.5, 0.6) is 11.5 Å². The van der Waals surface area contributed by atoms with Crippen LogP contribution in [0.4, 0.5) is 11.4 Å². The summed E-state index contributed by atoms with van der Waals surface area (Å²) in [6.45, 7) is 0.473. The SMILES string of the molecule is O=C(Nc1ccc2c(c1)OCO2)c1ccc2c(c1)CCN2S(=O)(=O)c1ccc(Cl)cc1. The summed E-state index contributed by atoms with van der Waals surface area (Å²) < 4.78 is 38.1. The van der Waals surface area contributed by atoms with E-state index in [-0.39, 0.29) is 17.6 Å². The van der Waals surface area contributed by atoms with Crippen LogP contribution in [-0.4, -0.2) is 27.7 Å². The molecule has 1 N–H and O–H groups in total. The van der Waals surface area contributed by atoms with Crippen LogP contribution < -0.4 is 19.1 Å². The number of halogens is 1. The van der Waals surface area contributed by atoms with Gasteiger partial charge in [-0.3, -0.25) is 9.10 Å². The van der Waals surface area contributed by atoms with Gasteiger partial charge in [0.05, 0.1) is 10.6 Å². The maximum atomic E-state index is 13.0. The third-order valence-corrected chi connectivity index (χ3v) is 7.31. The second-order valence-electron chi connectivity index (χ2n) is 7.15. The first-order valence-electron chi connectivity index (χ1n) is 9.54. The van der Waals surface area contributed by atoms with Crippen molar-refractivity contribution in [2.24, 2.45) is 0 Å². The van der Waals surface area contributed by atoms with Gasteiger partial charge in [0.15, 0.2) is 11.5 Å². The summed E-state index contributed by atoms with van der Waals surface area (Å²) in [4.78, 5) is 12.9. The molecule has 0 bridgehead atoms. The highest BCUT2D eigenvalue weighted by Gasteiger charge is 2.31. The molecule has 0 spiro atoms. The van der Waals surface area contributed by atoms with E-state index in [0.29, 0.717) is 46.4 Å². The number of nitrogens with one attached hydrogen (secondary N) is 1. The number of hydrogen-bond acceptors (Lipinski definition) is 5. The topological polar surface area (TPSA) is 84.9 Å². The van der Waals surface area contributed by atoms with E-state index >= 15 is 0 Å². The fourth-order valence-corrected chi connectivity index (χ4v) is 5.30. The van der Waals surface area contributed by atoms with Crippen molar-refractivity contribution in [2.45, 2.75) is 11.3 Å². The molecular weight excluding hydrogens is 440 g/mol. The minimum absolute atomic E-state index is 0.160. The van der Waals surface area contributed by atoms with Gasteiger partial charge >= 0.3 is 0 Å². The number of fused-ring (bicyclic) bond motifs is 2. The van der Waals surface area contributed by atoms with Crippen LogP contribution in [0.3, 0.4) is 0 Å². The first-order valence-corrected chi connectivity index (χ1v) is 11.4. The maximum absolute atomic E-state index is 13.0. The van der Waals surface area contributed by atoms with E-state index in [4.69, 9.17) is 21.1 Å². The number of sulfonamides is 1. The second-order valence-corrected chi connectivity index (χ2v) is 9.45. The summed E-state index contributed by atoms with van der Waals surface area (Å²) in [6, 6.07) is 16.3. The number of amides is 1. The number of hydrogen-bond donors (Lipinski definition) is 1. The number of rotatable bonds is 4. The number of carbonyl (C=O) groups excluding carboxylic acids is 1. The van der Waals surface area contributed by atoms with E-state index in [1.54, 1.807) is 48.5 Å². The molecule has 0 saturated heterocycles. The van der Waals surface area contributed by atoms with Gasteiger partial charge in [0.1, 0.15) is 0 Å². The smallest absolute Gasteiger partial charge is 0.264 e. The molecule has 0 radical (unpaired) electrons. The van der Waals surface area contributed by atoms with Gasteiger partial charge in [-0.1, -0.05) is 11.6 Å². The Kier molecular flexibility index (Phi) is 4.75. The van der Waals surface area contributed by atoms with Gasteiger partial charge < -0.3 is 14.8 Å². The van der Waals surface area contributed by atoms with Gasteiger partial charge in [-0.15, -0.1) is 0 Å². The summed E-state index contributed by atoms with van der Waals surface area (Å²) >= 11 is 5.88. The standard InChI is InChI=1S/C22H17ClN2O5S/c23-16-2-5-18(6-3-16)31(27,28)25-10-9-14-11-15(1-7-19(14)25)22(26)24-17-4-8-20-21(12-17)30-13-29-20/h1-8,11-12H,9-10,13H2,(H,24,26). The molecule has 9 heteroatoms. The highest BCUT2D eigenvalue weighted by molar-refractivity contribution is 7.92. The lowest BCUT2D eigenvalue weighted by Gasteiger charge is -2.19. The van der Waals surface area contributed by atoms with E-state index in [0.717, 1.165) is 5.56 Å². The van der Waals surface area contributed by atoms with E-state index in [9.17, 15) is 13.2 Å². The lowest BCUT2D eigenvalue weighted by Crippen LogP contribution is -2.29. The molecule has 0 saturated carbocycles. The van der Waals surface area contributed by atoms with E-state index < -0.39 is 10.0 Å². The molecule has 0 aromatic heterocycles. The molecule has 0 unspecified atom stereocenters. The van der Waals surface area contributed by atoms with Gasteiger partial charge in [-0.25, -0.2) is 8.42 Å². The van der Waals surface area contributed by atoms with Crippen LogP contribution in [0.2, 0.25) is 5.02 Å². The predicted molar refractivity (Wildman–Crippen MR) is 117 cm³/mol. The zero-order valence-corrected chi connectivity index (χ0v) is 17.7. The van der Waals surface area contributed by atoms with Crippen molar-refractivity contribution in [1.82, 2.24) is 0 Å². The zero-order chi connectivity index (χ0) is 21.6. The molecule has 31 heavy (non-hydrogen) atoms. The Hall–Kier alpha value is -3.23. The Morgan fingerprint density at radius 2 is 1.74 bits per heavy atom. The second kappa shape index (κ2) is 7.47. The largest absolute Gasteiger partial charge is 0.454 e. The quantitative estimate of drug-likeness (QED) is 0.639. The molecule has 0 fully saturated rings. The number of benzene rings is 3. The number of ether oxygens (including phenoxy) is 2. The Balaban J connectivity index is 1.37. The van der Waals surface area contributed by atoms with Crippen LogP contribution in [0, 0.1) is 0 Å². The van der Waals surface area contributed by atoms with Gasteiger partial charge in [0.2, 0.25) is 6.79 Å². The summed E-state index contributed by atoms with van der Waals surface area (Å²) in [5.41, 5.74) is 2.41. The van der Waals surface area contributed by atoms with Crippen molar-refractivity contribution in [1.29, 1.82) is 0 Å². The Morgan fingerprint density at radius 3 is 2.55 bits per heavy atom. The molecule has 0 aliphatic carbocycles. The number of anilines is 2. The first-order chi connectivity index (χ1) is 14.9. The lowest BCUT2D eigenvalue weighted by molar-refractivity contribution is 0.102. The average Bonchev–Trinajstić information content (AvgIpc) is 3.40. The van der Waals surface area contributed by atoms with E-state index in [2.05, 4.69) is 5.32 Å². The van der Waals surface area contributed by atoms with Gasteiger partial charge in [0.25, 0.3) is 15.9 Å². The normalized spacial score (nSPS) is 14.4. The third kappa shape index (κ3) is 3.58. The molecule has 2 heterocycles. The minimum atomic E-state index is -3.71. The molecule has 1 amide bonds. The van der Waals surface area contributed by atoms with Crippen molar-refractivity contribution in [3.05, 3.63) is 76.8 Å². The molecule has 3 aromatic carbocycles. The Labute approximate surface area is 184 Å². The van der Waals surface area contributed by atoms with Gasteiger partial charge in [-0.05, 0) is 66.6 Å². The minimum Gasteiger partial charge on any atom is -0.454 e. The van der Waals surface area contributed by atoms with Crippen LogP contribution >= 0.6 is 11.6 Å². The van der Waals surface area contributed by atoms with Crippen molar-refractivity contribution < 1.29 is 22.7 Å². The van der Waals surface area contributed by atoms with Crippen LogP contribution in [0.15, 0.2) is 65.6 Å². The fourth-order valence-electron chi connectivity index (χ4n) is 3.67. The fraction of sp³-hybridized carbons (Fsp3) is 0.136. The van der Waals surface area contributed by atoms with E-state index in [1.165, 1.54) is 16.4 Å². The summed E-state index contributed by atoms with van der Waals surface area (Å²) in [5, 5.41) is 3.30. The molecule has 5 rings (SSSR count). The van der Waals surface area contributed by atoms with E-state index in [1.807, 2.05) is 0 Å².